The Morgan fingerprint density at radius 1 is 1.07 bits per heavy atom. The monoisotopic (exact) mass is 434 g/mol. The Morgan fingerprint density at radius 3 is 2.31 bits per heavy atom. The van der Waals surface area contributed by atoms with Crippen molar-refractivity contribution in [1.82, 2.24) is 10.2 Å². The molecule has 0 aliphatic heterocycles. The molecule has 0 heterocycles. The summed E-state index contributed by atoms with van der Waals surface area (Å²) in [5.74, 6) is -0.291. The number of amides is 2. The molecule has 2 rings (SSSR count). The number of carbonyl (C=O) groups is 2. The van der Waals surface area contributed by atoms with Gasteiger partial charge in [0.2, 0.25) is 11.8 Å². The quantitative estimate of drug-likeness (QED) is 0.590. The molecular weight excluding hydrogens is 407 g/mol. The Bertz CT molecular complexity index is 834. The molecule has 156 valence electrons. The van der Waals surface area contributed by atoms with Gasteiger partial charge in [-0.25, -0.2) is 0 Å². The molecule has 0 unspecified atom stereocenters. The molecular formula is C23H28Cl2N2O2. The van der Waals surface area contributed by atoms with Crippen LogP contribution in [0.3, 0.4) is 0 Å². The van der Waals surface area contributed by atoms with Crippen LogP contribution in [-0.2, 0) is 22.6 Å². The van der Waals surface area contributed by atoms with Crippen LogP contribution in [0.15, 0.2) is 42.5 Å². The summed E-state index contributed by atoms with van der Waals surface area (Å²) in [6.45, 7) is 6.63. The fourth-order valence-electron chi connectivity index (χ4n) is 3.24. The number of nitrogens with zero attached hydrogens (tertiary/aromatic N) is 1. The molecule has 29 heavy (non-hydrogen) atoms. The van der Waals surface area contributed by atoms with Crippen LogP contribution in [0.5, 0.6) is 0 Å². The van der Waals surface area contributed by atoms with E-state index in [1.54, 1.807) is 23.1 Å². The number of hydrogen-bond donors (Lipinski definition) is 1. The molecule has 0 aliphatic rings. The van der Waals surface area contributed by atoms with Gasteiger partial charge in [0.05, 0.1) is 6.42 Å². The number of nitrogens with one attached hydrogen (secondary N) is 1. The molecule has 2 aromatic carbocycles. The van der Waals surface area contributed by atoms with Gasteiger partial charge in [-0.3, -0.25) is 9.59 Å². The standard InChI is InChI=1S/C23H28Cl2N2O2/c1-4-12-26-23(29)21(5-2)27(15-18-19(24)10-7-11-20(18)25)22(28)14-17-9-6-8-16(3)13-17/h6-11,13,21H,4-5,12,14-15H2,1-3H3,(H,26,29)/t21-/m0/s1. The largest absolute Gasteiger partial charge is 0.354 e. The van der Waals surface area contributed by atoms with Crippen LogP contribution in [0.2, 0.25) is 10.0 Å². The Balaban J connectivity index is 2.35. The molecule has 2 amide bonds. The van der Waals surface area contributed by atoms with Gasteiger partial charge >= 0.3 is 0 Å². The number of halogens is 2. The summed E-state index contributed by atoms with van der Waals surface area (Å²) in [6, 6.07) is 12.5. The number of rotatable bonds is 9. The summed E-state index contributed by atoms with van der Waals surface area (Å²) in [5, 5.41) is 3.87. The van der Waals surface area contributed by atoms with E-state index in [1.807, 2.05) is 45.0 Å². The molecule has 1 N–H and O–H groups in total. The zero-order chi connectivity index (χ0) is 21.4. The SMILES string of the molecule is CCCNC(=O)[C@H](CC)N(Cc1c(Cl)cccc1Cl)C(=O)Cc1cccc(C)c1. The normalized spacial score (nSPS) is 11.8. The number of benzene rings is 2. The van der Waals surface area contributed by atoms with E-state index >= 15 is 0 Å². The van der Waals surface area contributed by atoms with Crippen LogP contribution >= 0.6 is 23.2 Å². The maximum Gasteiger partial charge on any atom is 0.242 e. The molecule has 6 heteroatoms. The van der Waals surface area contributed by atoms with Gasteiger partial charge in [0.25, 0.3) is 0 Å². The van der Waals surface area contributed by atoms with Crippen molar-refractivity contribution >= 4 is 35.0 Å². The summed E-state index contributed by atoms with van der Waals surface area (Å²) in [5.41, 5.74) is 2.65. The molecule has 2 aromatic rings. The minimum Gasteiger partial charge on any atom is -0.354 e. The topological polar surface area (TPSA) is 49.4 Å². The molecule has 4 nitrogen and oxygen atoms in total. The molecule has 0 aromatic heterocycles. The van der Waals surface area contributed by atoms with E-state index in [0.29, 0.717) is 28.6 Å². The minimum atomic E-state index is -0.591. The van der Waals surface area contributed by atoms with Gasteiger partial charge in [-0.1, -0.05) is 72.9 Å². The zero-order valence-electron chi connectivity index (χ0n) is 17.2. The Kier molecular flexibility index (Phi) is 8.99. The van der Waals surface area contributed by atoms with Crippen molar-refractivity contribution < 1.29 is 9.59 Å². The molecule has 0 saturated carbocycles. The predicted molar refractivity (Wildman–Crippen MR) is 119 cm³/mol. The van der Waals surface area contributed by atoms with Crippen molar-refractivity contribution in [3.8, 4) is 0 Å². The van der Waals surface area contributed by atoms with Gasteiger partial charge in [-0.2, -0.15) is 0 Å². The van der Waals surface area contributed by atoms with Crippen LogP contribution < -0.4 is 5.32 Å². The Labute approximate surface area is 183 Å². The van der Waals surface area contributed by atoms with E-state index in [0.717, 1.165) is 17.5 Å². The van der Waals surface area contributed by atoms with Crippen molar-refractivity contribution in [2.75, 3.05) is 6.54 Å². The third-order valence-corrected chi connectivity index (χ3v) is 5.47. The van der Waals surface area contributed by atoms with E-state index in [-0.39, 0.29) is 24.8 Å². The first-order valence-electron chi connectivity index (χ1n) is 9.92. The van der Waals surface area contributed by atoms with Crippen LogP contribution in [0.4, 0.5) is 0 Å². The van der Waals surface area contributed by atoms with Crippen molar-refractivity contribution in [2.45, 2.75) is 52.6 Å². The highest BCUT2D eigenvalue weighted by atomic mass is 35.5. The second kappa shape index (κ2) is 11.2. The molecule has 1 atom stereocenters. The summed E-state index contributed by atoms with van der Waals surface area (Å²) in [6.07, 6.45) is 1.54. The lowest BCUT2D eigenvalue weighted by molar-refractivity contribution is -0.140. The van der Waals surface area contributed by atoms with E-state index < -0.39 is 6.04 Å². The van der Waals surface area contributed by atoms with Crippen LogP contribution in [0, 0.1) is 6.92 Å². The molecule has 0 spiro atoms. The van der Waals surface area contributed by atoms with Crippen LogP contribution in [0.25, 0.3) is 0 Å². The summed E-state index contributed by atoms with van der Waals surface area (Å²) in [7, 11) is 0. The van der Waals surface area contributed by atoms with Crippen molar-refractivity contribution in [2.24, 2.45) is 0 Å². The van der Waals surface area contributed by atoms with E-state index in [1.165, 1.54) is 0 Å². The number of carbonyl (C=O) groups excluding carboxylic acids is 2. The lowest BCUT2D eigenvalue weighted by Crippen LogP contribution is -2.49. The molecule has 0 saturated heterocycles. The fraction of sp³-hybridized carbons (Fsp3) is 0.391. The lowest BCUT2D eigenvalue weighted by Gasteiger charge is -2.31. The number of hydrogen-bond acceptors (Lipinski definition) is 2. The fourth-order valence-corrected chi connectivity index (χ4v) is 3.75. The summed E-state index contributed by atoms with van der Waals surface area (Å²) in [4.78, 5) is 27.7. The minimum absolute atomic E-state index is 0.134. The van der Waals surface area contributed by atoms with Crippen LogP contribution in [-0.4, -0.2) is 29.3 Å². The van der Waals surface area contributed by atoms with Gasteiger partial charge in [-0.15, -0.1) is 0 Å². The first-order chi connectivity index (χ1) is 13.9. The third kappa shape index (κ3) is 6.48. The van der Waals surface area contributed by atoms with Crippen molar-refractivity contribution in [1.29, 1.82) is 0 Å². The van der Waals surface area contributed by atoms with E-state index in [4.69, 9.17) is 23.2 Å². The van der Waals surface area contributed by atoms with Crippen molar-refractivity contribution in [3.63, 3.8) is 0 Å². The lowest BCUT2D eigenvalue weighted by atomic mass is 10.1. The first-order valence-corrected chi connectivity index (χ1v) is 10.7. The van der Waals surface area contributed by atoms with Crippen molar-refractivity contribution in [3.05, 3.63) is 69.2 Å². The molecule has 0 fully saturated rings. The van der Waals surface area contributed by atoms with Gasteiger partial charge in [0.1, 0.15) is 6.04 Å². The molecule has 0 aliphatic carbocycles. The summed E-state index contributed by atoms with van der Waals surface area (Å²) >= 11 is 12.7. The molecule has 0 bridgehead atoms. The maximum absolute atomic E-state index is 13.3. The Morgan fingerprint density at radius 2 is 1.72 bits per heavy atom. The maximum atomic E-state index is 13.3. The van der Waals surface area contributed by atoms with E-state index in [9.17, 15) is 9.59 Å². The summed E-state index contributed by atoms with van der Waals surface area (Å²) < 4.78 is 0. The highest BCUT2D eigenvalue weighted by molar-refractivity contribution is 6.36. The predicted octanol–water partition coefficient (Wildman–Crippen LogP) is 5.18. The third-order valence-electron chi connectivity index (χ3n) is 4.76. The highest BCUT2D eigenvalue weighted by Crippen LogP contribution is 2.27. The zero-order valence-corrected chi connectivity index (χ0v) is 18.7. The Hall–Kier alpha value is -2.04. The van der Waals surface area contributed by atoms with Gasteiger partial charge in [-0.05, 0) is 37.5 Å². The smallest absolute Gasteiger partial charge is 0.242 e. The number of aryl methyl sites for hydroxylation is 1. The average molecular weight is 435 g/mol. The van der Waals surface area contributed by atoms with Gasteiger partial charge in [0.15, 0.2) is 0 Å². The van der Waals surface area contributed by atoms with Gasteiger partial charge < -0.3 is 10.2 Å². The van der Waals surface area contributed by atoms with Gasteiger partial charge in [0, 0.05) is 28.7 Å². The highest BCUT2D eigenvalue weighted by Gasteiger charge is 2.29. The molecule has 0 radical (unpaired) electrons. The van der Waals surface area contributed by atoms with Crippen LogP contribution in [0.1, 0.15) is 43.4 Å². The van der Waals surface area contributed by atoms with E-state index in [2.05, 4.69) is 5.32 Å². The average Bonchev–Trinajstić information content (AvgIpc) is 2.68. The first kappa shape index (κ1) is 23.2. The second-order valence-corrected chi connectivity index (χ2v) is 7.92. The second-order valence-electron chi connectivity index (χ2n) is 7.10.